The van der Waals surface area contributed by atoms with Crippen LogP contribution in [0.5, 0.6) is 0 Å². The molecule has 2 aromatic heterocycles. The fourth-order valence-electron chi connectivity index (χ4n) is 2.46. The van der Waals surface area contributed by atoms with Crippen LogP contribution >= 0.6 is 7.14 Å². The second kappa shape index (κ2) is 4.57. The van der Waals surface area contributed by atoms with Gasteiger partial charge in [-0.15, -0.1) is 0 Å². The van der Waals surface area contributed by atoms with Gasteiger partial charge >= 0.3 is 0 Å². The molecule has 3 rings (SSSR count). The number of nitrogens with zero attached hydrogens (tertiary/aromatic N) is 3. The second-order valence-corrected chi connectivity index (χ2v) is 8.40. The van der Waals surface area contributed by atoms with E-state index in [1.54, 1.807) is 19.7 Å². The SMILES string of the molecule is Cn1c(P(C)(C)=O)cc2c(-c3ccccc3)ncnc21. The fraction of sp³-hybridized carbons (Fsp3) is 0.200. The summed E-state index contributed by atoms with van der Waals surface area (Å²) in [6, 6.07) is 11.9. The van der Waals surface area contributed by atoms with Crippen LogP contribution in [0.2, 0.25) is 0 Å². The highest BCUT2D eigenvalue weighted by Gasteiger charge is 2.20. The van der Waals surface area contributed by atoms with Crippen molar-refractivity contribution in [2.75, 3.05) is 13.3 Å². The molecular weight excluding hydrogens is 269 g/mol. The number of hydrogen-bond donors (Lipinski definition) is 0. The van der Waals surface area contributed by atoms with Crippen LogP contribution in [0.25, 0.3) is 22.3 Å². The number of fused-ring (bicyclic) bond motifs is 1. The molecule has 0 atom stereocenters. The second-order valence-electron chi connectivity index (χ2n) is 5.24. The Bertz CT molecular complexity index is 818. The predicted molar refractivity (Wildman–Crippen MR) is 83.0 cm³/mol. The van der Waals surface area contributed by atoms with Crippen LogP contribution < -0.4 is 5.44 Å². The molecule has 102 valence electrons. The minimum Gasteiger partial charge on any atom is -0.326 e. The molecule has 1 aromatic carbocycles. The maximum Gasteiger partial charge on any atom is 0.144 e. The lowest BCUT2D eigenvalue weighted by Gasteiger charge is -2.07. The van der Waals surface area contributed by atoms with Crippen molar-refractivity contribution in [2.24, 2.45) is 7.05 Å². The summed E-state index contributed by atoms with van der Waals surface area (Å²) in [6.07, 6.45) is 1.56. The van der Waals surface area contributed by atoms with E-state index in [9.17, 15) is 4.57 Å². The summed E-state index contributed by atoms with van der Waals surface area (Å²) in [5.41, 5.74) is 3.56. The third-order valence-corrected chi connectivity index (χ3v) is 4.93. The van der Waals surface area contributed by atoms with Crippen LogP contribution in [-0.4, -0.2) is 27.9 Å². The molecule has 0 aliphatic carbocycles. The van der Waals surface area contributed by atoms with Crippen molar-refractivity contribution in [1.29, 1.82) is 0 Å². The van der Waals surface area contributed by atoms with Crippen molar-refractivity contribution >= 4 is 23.6 Å². The Morgan fingerprint density at radius 2 is 1.80 bits per heavy atom. The van der Waals surface area contributed by atoms with Crippen LogP contribution in [0.3, 0.4) is 0 Å². The number of benzene rings is 1. The van der Waals surface area contributed by atoms with Gasteiger partial charge < -0.3 is 9.13 Å². The summed E-state index contributed by atoms with van der Waals surface area (Å²) >= 11 is 0. The predicted octanol–water partition coefficient (Wildman–Crippen LogP) is 2.88. The van der Waals surface area contributed by atoms with Gasteiger partial charge in [0.1, 0.15) is 19.1 Å². The lowest BCUT2D eigenvalue weighted by Crippen LogP contribution is -2.12. The maximum absolute atomic E-state index is 12.4. The van der Waals surface area contributed by atoms with Crippen molar-refractivity contribution in [2.45, 2.75) is 0 Å². The third kappa shape index (κ3) is 2.06. The molecule has 0 radical (unpaired) electrons. The summed E-state index contributed by atoms with van der Waals surface area (Å²) in [5, 5.41) is 0.945. The van der Waals surface area contributed by atoms with Gasteiger partial charge in [-0.1, -0.05) is 30.3 Å². The molecule has 0 spiro atoms. The first-order valence-electron chi connectivity index (χ1n) is 6.40. The molecular formula is C15H16N3OP. The largest absolute Gasteiger partial charge is 0.326 e. The summed E-state index contributed by atoms with van der Waals surface area (Å²) in [5.74, 6) is 0. The van der Waals surface area contributed by atoms with Gasteiger partial charge in [0.2, 0.25) is 0 Å². The van der Waals surface area contributed by atoms with Crippen LogP contribution in [0.1, 0.15) is 0 Å². The van der Waals surface area contributed by atoms with Crippen molar-refractivity contribution in [3.8, 4) is 11.3 Å². The minimum atomic E-state index is -2.34. The van der Waals surface area contributed by atoms with E-state index in [0.717, 1.165) is 27.7 Å². The molecule has 2 heterocycles. The van der Waals surface area contributed by atoms with E-state index in [4.69, 9.17) is 0 Å². The van der Waals surface area contributed by atoms with Crippen LogP contribution in [0, 0.1) is 0 Å². The van der Waals surface area contributed by atoms with Gasteiger partial charge in [0, 0.05) is 18.0 Å². The monoisotopic (exact) mass is 285 g/mol. The smallest absolute Gasteiger partial charge is 0.144 e. The number of rotatable bonds is 2. The normalized spacial score (nSPS) is 11.9. The fourth-order valence-corrected chi connectivity index (χ4v) is 3.72. The van der Waals surface area contributed by atoms with Crippen molar-refractivity contribution in [3.63, 3.8) is 0 Å². The molecule has 0 saturated carbocycles. The van der Waals surface area contributed by atoms with Gasteiger partial charge in [-0.25, -0.2) is 9.97 Å². The van der Waals surface area contributed by atoms with Crippen molar-refractivity contribution in [3.05, 3.63) is 42.7 Å². The molecule has 0 saturated heterocycles. The Labute approximate surface area is 117 Å². The van der Waals surface area contributed by atoms with E-state index in [1.807, 2.05) is 48.0 Å². The first-order chi connectivity index (χ1) is 9.48. The molecule has 0 aliphatic heterocycles. The molecule has 0 amide bonds. The molecule has 0 aliphatic rings. The molecule has 0 N–H and O–H groups in total. The number of hydrogen-bond acceptors (Lipinski definition) is 3. The quantitative estimate of drug-likeness (QED) is 0.680. The van der Waals surface area contributed by atoms with E-state index >= 15 is 0 Å². The lowest BCUT2D eigenvalue weighted by molar-refractivity contribution is 0.587. The average molecular weight is 285 g/mol. The number of aromatic nitrogens is 3. The highest BCUT2D eigenvalue weighted by atomic mass is 31.2. The van der Waals surface area contributed by atoms with Crippen molar-refractivity contribution in [1.82, 2.24) is 14.5 Å². The highest BCUT2D eigenvalue weighted by molar-refractivity contribution is 7.69. The van der Waals surface area contributed by atoms with Crippen LogP contribution in [-0.2, 0) is 11.6 Å². The maximum atomic E-state index is 12.4. The van der Waals surface area contributed by atoms with Gasteiger partial charge in [-0.3, -0.25) is 0 Å². The zero-order valence-electron chi connectivity index (χ0n) is 11.7. The summed E-state index contributed by atoms with van der Waals surface area (Å²) in [4.78, 5) is 8.73. The first kappa shape index (κ1) is 13.1. The van der Waals surface area contributed by atoms with E-state index in [1.165, 1.54) is 0 Å². The zero-order valence-corrected chi connectivity index (χ0v) is 12.6. The van der Waals surface area contributed by atoms with E-state index in [2.05, 4.69) is 9.97 Å². The van der Waals surface area contributed by atoms with Gasteiger partial charge in [0.05, 0.1) is 11.1 Å². The average Bonchev–Trinajstić information content (AvgIpc) is 2.77. The molecule has 5 heteroatoms. The standard InChI is InChI=1S/C15H16N3OP/c1-18-13(20(2,3)19)9-12-14(16-10-17-15(12)18)11-7-5-4-6-8-11/h4-10H,1-3H3. The molecule has 3 aromatic rings. The summed E-state index contributed by atoms with van der Waals surface area (Å²) < 4.78 is 14.3. The Morgan fingerprint density at radius 1 is 1.10 bits per heavy atom. The van der Waals surface area contributed by atoms with E-state index in [0.29, 0.717) is 0 Å². The van der Waals surface area contributed by atoms with E-state index < -0.39 is 7.14 Å². The molecule has 0 fully saturated rings. The Kier molecular flexibility index (Phi) is 2.98. The van der Waals surface area contributed by atoms with Gasteiger partial charge in [-0.2, -0.15) is 0 Å². The molecule has 0 unspecified atom stereocenters. The highest BCUT2D eigenvalue weighted by Crippen LogP contribution is 2.37. The zero-order chi connectivity index (χ0) is 14.3. The Balaban J connectivity index is 2.34. The summed E-state index contributed by atoms with van der Waals surface area (Å²) in [7, 11) is -0.443. The molecule has 20 heavy (non-hydrogen) atoms. The third-order valence-electron chi connectivity index (χ3n) is 3.40. The minimum absolute atomic E-state index is 0.817. The van der Waals surface area contributed by atoms with E-state index in [-0.39, 0.29) is 0 Å². The summed E-state index contributed by atoms with van der Waals surface area (Å²) in [6.45, 7) is 3.55. The Hall–Kier alpha value is -1.93. The lowest BCUT2D eigenvalue weighted by atomic mass is 10.1. The first-order valence-corrected chi connectivity index (χ1v) is 9.00. The van der Waals surface area contributed by atoms with Gasteiger partial charge in [0.25, 0.3) is 0 Å². The topological polar surface area (TPSA) is 47.8 Å². The molecule has 4 nitrogen and oxygen atoms in total. The Morgan fingerprint density at radius 3 is 2.45 bits per heavy atom. The van der Waals surface area contributed by atoms with Gasteiger partial charge in [0.15, 0.2) is 0 Å². The van der Waals surface area contributed by atoms with Crippen LogP contribution in [0.4, 0.5) is 0 Å². The van der Waals surface area contributed by atoms with Gasteiger partial charge in [-0.05, 0) is 19.4 Å². The molecule has 0 bridgehead atoms. The van der Waals surface area contributed by atoms with Crippen molar-refractivity contribution < 1.29 is 4.57 Å². The van der Waals surface area contributed by atoms with Crippen LogP contribution in [0.15, 0.2) is 42.7 Å². The number of aryl methyl sites for hydroxylation is 1.